The molecular weight excluding hydrogens is 224 g/mol. The largest absolute Gasteiger partial charge is 0.393 e. The minimum Gasteiger partial charge on any atom is -0.393 e. The second-order valence-corrected chi connectivity index (χ2v) is 4.70. The molecule has 100 valence electrons. The van der Waals surface area contributed by atoms with Gasteiger partial charge in [-0.05, 0) is 24.3 Å². The first-order valence-electron chi connectivity index (χ1n) is 6.68. The Hall–Kier alpha value is -1.12. The van der Waals surface area contributed by atoms with E-state index in [-0.39, 0.29) is 6.10 Å². The molecule has 2 heteroatoms. The van der Waals surface area contributed by atoms with Gasteiger partial charge in [0, 0.05) is 0 Å². The molecular formula is C16H24O2. The predicted molar refractivity (Wildman–Crippen MR) is 75.3 cm³/mol. The van der Waals surface area contributed by atoms with Gasteiger partial charge in [0.25, 0.3) is 0 Å². The van der Waals surface area contributed by atoms with E-state index in [9.17, 15) is 5.11 Å². The van der Waals surface area contributed by atoms with E-state index in [0.717, 1.165) is 12.8 Å². The highest BCUT2D eigenvalue weighted by atomic mass is 16.5. The summed E-state index contributed by atoms with van der Waals surface area (Å²) in [5.74, 6) is 0.387. The van der Waals surface area contributed by atoms with E-state index >= 15 is 0 Å². The first-order chi connectivity index (χ1) is 8.72. The normalized spacial score (nSPS) is 14.8. The number of hydrogen-bond acceptors (Lipinski definition) is 2. The second kappa shape index (κ2) is 8.90. The molecule has 0 radical (unpaired) electrons. The van der Waals surface area contributed by atoms with Crippen LogP contribution in [0.4, 0.5) is 0 Å². The third kappa shape index (κ3) is 6.58. The number of ether oxygens (including phenoxy) is 1. The monoisotopic (exact) mass is 248 g/mol. The van der Waals surface area contributed by atoms with Crippen LogP contribution in [0.5, 0.6) is 0 Å². The minimum absolute atomic E-state index is 0.210. The lowest BCUT2D eigenvalue weighted by Gasteiger charge is -2.08. The number of rotatable bonds is 8. The molecule has 0 saturated carbocycles. The maximum absolute atomic E-state index is 9.41. The highest BCUT2D eigenvalue weighted by Gasteiger charge is 2.00. The van der Waals surface area contributed by atoms with E-state index in [1.54, 1.807) is 0 Å². The average Bonchev–Trinajstić information content (AvgIpc) is 2.39. The first kappa shape index (κ1) is 14.9. The molecule has 0 saturated heterocycles. The third-order valence-electron chi connectivity index (χ3n) is 2.84. The van der Waals surface area contributed by atoms with Crippen molar-refractivity contribution < 1.29 is 9.84 Å². The van der Waals surface area contributed by atoms with Crippen LogP contribution < -0.4 is 0 Å². The molecule has 0 heterocycles. The smallest absolute Gasteiger partial charge is 0.0717 e. The molecule has 0 fully saturated rings. The van der Waals surface area contributed by atoms with Crippen molar-refractivity contribution in [3.63, 3.8) is 0 Å². The van der Waals surface area contributed by atoms with Crippen LogP contribution in [-0.4, -0.2) is 17.8 Å². The zero-order valence-corrected chi connectivity index (χ0v) is 11.4. The van der Waals surface area contributed by atoms with Gasteiger partial charge < -0.3 is 9.84 Å². The van der Waals surface area contributed by atoms with Gasteiger partial charge in [0.1, 0.15) is 0 Å². The summed E-state index contributed by atoms with van der Waals surface area (Å²) in [7, 11) is 0. The molecule has 2 atom stereocenters. The summed E-state index contributed by atoms with van der Waals surface area (Å²) in [5, 5.41) is 9.41. The predicted octanol–water partition coefficient (Wildman–Crippen LogP) is 3.56. The quantitative estimate of drug-likeness (QED) is 0.713. The van der Waals surface area contributed by atoms with E-state index in [0.29, 0.717) is 19.1 Å². The molecule has 0 aliphatic rings. The van der Waals surface area contributed by atoms with Gasteiger partial charge >= 0.3 is 0 Å². The molecule has 0 unspecified atom stereocenters. The van der Waals surface area contributed by atoms with Crippen molar-refractivity contribution in [2.75, 3.05) is 6.61 Å². The van der Waals surface area contributed by atoms with Crippen LogP contribution in [0, 0.1) is 5.92 Å². The zero-order chi connectivity index (χ0) is 13.2. The third-order valence-corrected chi connectivity index (χ3v) is 2.84. The van der Waals surface area contributed by atoms with E-state index in [1.165, 1.54) is 5.56 Å². The van der Waals surface area contributed by atoms with E-state index in [4.69, 9.17) is 4.74 Å². The van der Waals surface area contributed by atoms with Crippen LogP contribution in [0.25, 0.3) is 0 Å². The van der Waals surface area contributed by atoms with E-state index in [1.807, 2.05) is 31.2 Å². The van der Waals surface area contributed by atoms with Gasteiger partial charge in [-0.15, -0.1) is 0 Å². The molecule has 1 N–H and O–H groups in total. The Bertz CT molecular complexity index is 332. The summed E-state index contributed by atoms with van der Waals surface area (Å²) in [6.07, 6.45) is 5.50. The van der Waals surface area contributed by atoms with Crippen LogP contribution in [0.15, 0.2) is 42.5 Å². The lowest BCUT2D eigenvalue weighted by Crippen LogP contribution is -2.05. The Morgan fingerprint density at radius 1 is 1.28 bits per heavy atom. The molecule has 0 aromatic heterocycles. The van der Waals surface area contributed by atoms with E-state index < -0.39 is 0 Å². The number of hydrogen-bond donors (Lipinski definition) is 1. The van der Waals surface area contributed by atoms with Crippen molar-refractivity contribution in [2.45, 2.75) is 39.4 Å². The Morgan fingerprint density at radius 3 is 2.67 bits per heavy atom. The van der Waals surface area contributed by atoms with Crippen molar-refractivity contribution in [1.29, 1.82) is 0 Å². The molecule has 1 rings (SSSR count). The van der Waals surface area contributed by atoms with Gasteiger partial charge in [0.05, 0.1) is 19.3 Å². The Labute approximate surface area is 110 Å². The van der Waals surface area contributed by atoms with E-state index in [2.05, 4.69) is 25.1 Å². The van der Waals surface area contributed by atoms with Gasteiger partial charge in [0.2, 0.25) is 0 Å². The second-order valence-electron chi connectivity index (χ2n) is 4.70. The zero-order valence-electron chi connectivity index (χ0n) is 11.4. The van der Waals surface area contributed by atoms with Gasteiger partial charge in [-0.25, -0.2) is 0 Å². The highest BCUT2D eigenvalue weighted by Crippen LogP contribution is 2.06. The number of aliphatic hydroxyl groups is 1. The first-order valence-corrected chi connectivity index (χ1v) is 6.68. The lowest BCUT2D eigenvalue weighted by molar-refractivity contribution is 0.104. The Morgan fingerprint density at radius 2 is 2.00 bits per heavy atom. The average molecular weight is 248 g/mol. The van der Waals surface area contributed by atoms with Crippen molar-refractivity contribution in [3.8, 4) is 0 Å². The summed E-state index contributed by atoms with van der Waals surface area (Å²) < 4.78 is 5.65. The molecule has 1 aromatic carbocycles. The summed E-state index contributed by atoms with van der Waals surface area (Å²) in [6, 6.07) is 10.2. The van der Waals surface area contributed by atoms with Crippen LogP contribution in [-0.2, 0) is 11.3 Å². The van der Waals surface area contributed by atoms with Crippen molar-refractivity contribution in [1.82, 2.24) is 0 Å². The lowest BCUT2D eigenvalue weighted by atomic mass is 10.1. The number of benzene rings is 1. The topological polar surface area (TPSA) is 29.5 Å². The molecule has 0 bridgehead atoms. The van der Waals surface area contributed by atoms with Crippen molar-refractivity contribution in [3.05, 3.63) is 48.0 Å². The Kier molecular flexibility index (Phi) is 7.38. The van der Waals surface area contributed by atoms with Gasteiger partial charge in [-0.3, -0.25) is 0 Å². The van der Waals surface area contributed by atoms with Crippen LogP contribution in [0.1, 0.15) is 32.3 Å². The Balaban J connectivity index is 2.15. The molecule has 0 amide bonds. The van der Waals surface area contributed by atoms with Crippen LogP contribution in [0.2, 0.25) is 0 Å². The maximum atomic E-state index is 9.41. The van der Waals surface area contributed by atoms with Crippen LogP contribution >= 0.6 is 0 Å². The maximum Gasteiger partial charge on any atom is 0.0717 e. The van der Waals surface area contributed by atoms with Gasteiger partial charge in [-0.1, -0.05) is 56.3 Å². The van der Waals surface area contributed by atoms with Crippen molar-refractivity contribution >= 4 is 0 Å². The van der Waals surface area contributed by atoms with Gasteiger partial charge in [-0.2, -0.15) is 0 Å². The highest BCUT2D eigenvalue weighted by molar-refractivity contribution is 5.13. The van der Waals surface area contributed by atoms with Crippen molar-refractivity contribution in [2.24, 2.45) is 5.92 Å². The van der Waals surface area contributed by atoms with Crippen LogP contribution in [0.3, 0.4) is 0 Å². The fourth-order valence-electron chi connectivity index (χ4n) is 1.63. The fraction of sp³-hybridized carbons (Fsp3) is 0.500. The summed E-state index contributed by atoms with van der Waals surface area (Å²) in [6.45, 7) is 5.49. The molecule has 2 nitrogen and oxygen atoms in total. The molecule has 1 aromatic rings. The summed E-state index contributed by atoms with van der Waals surface area (Å²) in [5.41, 5.74) is 1.20. The SMILES string of the molecule is CC[C@H](O)C/C=C\[C@@H](C)COCc1ccccc1. The number of aliphatic hydroxyl groups excluding tert-OH is 1. The minimum atomic E-state index is -0.210. The molecule has 0 aliphatic carbocycles. The molecule has 18 heavy (non-hydrogen) atoms. The summed E-state index contributed by atoms with van der Waals surface area (Å²) >= 11 is 0. The fourth-order valence-corrected chi connectivity index (χ4v) is 1.63. The standard InChI is InChI=1S/C16H24O2/c1-3-16(17)11-7-8-14(2)12-18-13-15-9-5-4-6-10-15/h4-10,14,16-17H,3,11-13H2,1-2H3/b8-7-/t14-,16+/m1/s1. The molecule has 0 aliphatic heterocycles. The van der Waals surface area contributed by atoms with Gasteiger partial charge in [0.15, 0.2) is 0 Å². The molecule has 0 spiro atoms. The summed E-state index contributed by atoms with van der Waals surface area (Å²) in [4.78, 5) is 0.